The van der Waals surface area contributed by atoms with Crippen LogP contribution in [0.3, 0.4) is 0 Å². The van der Waals surface area contributed by atoms with Crippen LogP contribution in [0.2, 0.25) is 0 Å². The summed E-state index contributed by atoms with van der Waals surface area (Å²) in [6.07, 6.45) is 2.68. The molecule has 4 nitrogen and oxygen atoms in total. The molecule has 2 heterocycles. The van der Waals surface area contributed by atoms with Gasteiger partial charge in [0.1, 0.15) is 12.4 Å². The number of ether oxygens (including phenoxy) is 1. The van der Waals surface area contributed by atoms with Crippen LogP contribution in [0.4, 0.5) is 5.69 Å². The molecule has 2 aliphatic heterocycles. The molecule has 0 bridgehead atoms. The summed E-state index contributed by atoms with van der Waals surface area (Å²) in [4.78, 5) is 5.04. The Morgan fingerprint density at radius 3 is 3.19 bits per heavy atom. The zero-order valence-corrected chi connectivity index (χ0v) is 13.3. The fraction of sp³-hybridized carbons (Fsp3) is 0.647. The van der Waals surface area contributed by atoms with E-state index in [0.29, 0.717) is 0 Å². The van der Waals surface area contributed by atoms with E-state index >= 15 is 0 Å². The number of hydrogen-bond donors (Lipinski definition) is 1. The summed E-state index contributed by atoms with van der Waals surface area (Å²) >= 11 is 0. The predicted molar refractivity (Wildman–Crippen MR) is 87.0 cm³/mol. The van der Waals surface area contributed by atoms with Gasteiger partial charge < -0.3 is 15.0 Å². The second kappa shape index (κ2) is 6.67. The van der Waals surface area contributed by atoms with Crippen LogP contribution in [-0.4, -0.2) is 55.7 Å². The third-order valence-electron chi connectivity index (χ3n) is 4.63. The van der Waals surface area contributed by atoms with Gasteiger partial charge in [-0.1, -0.05) is 19.1 Å². The Morgan fingerprint density at radius 2 is 2.33 bits per heavy atom. The largest absolute Gasteiger partial charge is 0.489 e. The Labute approximate surface area is 128 Å². The number of nitrogens with zero attached hydrogens (tertiary/aromatic N) is 2. The molecule has 0 aromatic heterocycles. The van der Waals surface area contributed by atoms with E-state index < -0.39 is 0 Å². The van der Waals surface area contributed by atoms with Crippen LogP contribution >= 0.6 is 0 Å². The summed E-state index contributed by atoms with van der Waals surface area (Å²) in [6, 6.07) is 7.14. The number of likely N-dealkylation sites (N-methyl/N-ethyl adjacent to an activating group) is 2. The van der Waals surface area contributed by atoms with E-state index in [1.165, 1.54) is 31.5 Å². The molecule has 1 aromatic rings. The van der Waals surface area contributed by atoms with E-state index in [0.717, 1.165) is 43.7 Å². The van der Waals surface area contributed by atoms with Gasteiger partial charge in [0.2, 0.25) is 0 Å². The summed E-state index contributed by atoms with van der Waals surface area (Å²) < 4.78 is 5.87. The van der Waals surface area contributed by atoms with E-state index in [1.54, 1.807) is 0 Å². The minimum atomic E-state index is 0.721. The van der Waals surface area contributed by atoms with Gasteiger partial charge in [-0.05, 0) is 39.0 Å². The molecule has 1 atom stereocenters. The van der Waals surface area contributed by atoms with Crippen LogP contribution in [0.25, 0.3) is 0 Å². The molecule has 0 radical (unpaired) electrons. The quantitative estimate of drug-likeness (QED) is 0.901. The minimum Gasteiger partial charge on any atom is -0.489 e. The van der Waals surface area contributed by atoms with Crippen LogP contribution in [0.1, 0.15) is 25.3 Å². The molecule has 0 spiro atoms. The lowest BCUT2D eigenvalue weighted by Crippen LogP contribution is -2.38. The van der Waals surface area contributed by atoms with Crippen molar-refractivity contribution in [3.8, 4) is 5.75 Å². The van der Waals surface area contributed by atoms with Crippen molar-refractivity contribution in [3.63, 3.8) is 0 Å². The number of hydrogen-bond acceptors (Lipinski definition) is 4. The molecular weight excluding hydrogens is 262 g/mol. The van der Waals surface area contributed by atoms with Gasteiger partial charge in [-0.25, -0.2) is 0 Å². The monoisotopic (exact) mass is 289 g/mol. The van der Waals surface area contributed by atoms with E-state index in [4.69, 9.17) is 4.74 Å². The van der Waals surface area contributed by atoms with Crippen molar-refractivity contribution < 1.29 is 4.74 Å². The number of nitrogens with one attached hydrogen (secondary N) is 1. The second-order valence-corrected chi connectivity index (χ2v) is 6.19. The first-order valence-electron chi connectivity index (χ1n) is 8.19. The van der Waals surface area contributed by atoms with Gasteiger partial charge in [0, 0.05) is 31.2 Å². The van der Waals surface area contributed by atoms with Gasteiger partial charge in [-0.2, -0.15) is 0 Å². The zero-order valence-electron chi connectivity index (χ0n) is 13.3. The molecule has 3 rings (SSSR count). The lowest BCUT2D eigenvalue weighted by molar-refractivity contribution is 0.193. The van der Waals surface area contributed by atoms with Crippen molar-refractivity contribution in [2.75, 3.05) is 45.2 Å². The number of rotatable bonds is 5. The van der Waals surface area contributed by atoms with Crippen molar-refractivity contribution in [2.45, 2.75) is 32.4 Å². The van der Waals surface area contributed by atoms with Gasteiger partial charge in [-0.3, -0.25) is 4.90 Å². The summed E-state index contributed by atoms with van der Waals surface area (Å²) in [5.41, 5.74) is 2.44. The standard InChI is InChI=1S/C17H27N3O/c1-3-20-10-5-7-15(20)13-19(2)12-14-6-4-8-16-17(14)21-11-9-18-16/h4,6,8,15,18H,3,5,7,9-13H2,1-2H3. The highest BCUT2D eigenvalue weighted by molar-refractivity contribution is 5.61. The number of anilines is 1. The molecule has 1 fully saturated rings. The summed E-state index contributed by atoms with van der Waals surface area (Å²) in [5, 5.41) is 3.41. The summed E-state index contributed by atoms with van der Waals surface area (Å²) in [5.74, 6) is 1.05. The Kier molecular flexibility index (Phi) is 4.66. The van der Waals surface area contributed by atoms with Crippen LogP contribution in [-0.2, 0) is 6.54 Å². The molecule has 1 N–H and O–H groups in total. The van der Waals surface area contributed by atoms with Crippen molar-refractivity contribution in [1.82, 2.24) is 9.80 Å². The molecule has 116 valence electrons. The van der Waals surface area contributed by atoms with E-state index in [9.17, 15) is 0 Å². The highest BCUT2D eigenvalue weighted by atomic mass is 16.5. The Hall–Kier alpha value is -1.26. The first-order valence-corrected chi connectivity index (χ1v) is 8.19. The zero-order chi connectivity index (χ0) is 14.7. The fourth-order valence-corrected chi connectivity index (χ4v) is 3.59. The highest BCUT2D eigenvalue weighted by Crippen LogP contribution is 2.32. The SMILES string of the molecule is CCN1CCCC1CN(C)Cc1cccc2c1OCCN2. The van der Waals surface area contributed by atoms with Gasteiger partial charge in [-0.15, -0.1) is 0 Å². The molecule has 0 saturated carbocycles. The second-order valence-electron chi connectivity index (χ2n) is 6.19. The predicted octanol–water partition coefficient (Wildman–Crippen LogP) is 2.41. The Bertz CT molecular complexity index is 477. The average molecular weight is 289 g/mol. The number of fused-ring (bicyclic) bond motifs is 1. The van der Waals surface area contributed by atoms with E-state index in [2.05, 4.69) is 47.3 Å². The molecule has 4 heteroatoms. The van der Waals surface area contributed by atoms with Crippen LogP contribution in [0.5, 0.6) is 5.75 Å². The summed E-state index contributed by atoms with van der Waals surface area (Å²) in [6.45, 7) is 8.48. The molecule has 2 aliphatic rings. The molecule has 0 amide bonds. The van der Waals surface area contributed by atoms with Gasteiger partial charge in [0.05, 0.1) is 5.69 Å². The lowest BCUT2D eigenvalue weighted by atomic mass is 10.1. The first kappa shape index (κ1) is 14.7. The molecule has 0 aliphatic carbocycles. The molecule has 21 heavy (non-hydrogen) atoms. The molecular formula is C17H27N3O. The van der Waals surface area contributed by atoms with Crippen LogP contribution in [0.15, 0.2) is 18.2 Å². The third-order valence-corrected chi connectivity index (χ3v) is 4.63. The van der Waals surface area contributed by atoms with Crippen molar-refractivity contribution in [2.24, 2.45) is 0 Å². The van der Waals surface area contributed by atoms with Gasteiger partial charge in [0.15, 0.2) is 0 Å². The highest BCUT2D eigenvalue weighted by Gasteiger charge is 2.24. The van der Waals surface area contributed by atoms with Crippen molar-refractivity contribution >= 4 is 5.69 Å². The van der Waals surface area contributed by atoms with Gasteiger partial charge in [0.25, 0.3) is 0 Å². The fourth-order valence-electron chi connectivity index (χ4n) is 3.59. The topological polar surface area (TPSA) is 27.7 Å². The van der Waals surface area contributed by atoms with E-state index in [-0.39, 0.29) is 0 Å². The maximum absolute atomic E-state index is 5.87. The third kappa shape index (κ3) is 3.33. The molecule has 1 aromatic carbocycles. The first-order chi connectivity index (χ1) is 10.3. The number of para-hydroxylation sites is 1. The Balaban J connectivity index is 1.63. The lowest BCUT2D eigenvalue weighted by Gasteiger charge is -2.29. The van der Waals surface area contributed by atoms with Crippen LogP contribution in [0, 0.1) is 0 Å². The average Bonchev–Trinajstić information content (AvgIpc) is 2.94. The van der Waals surface area contributed by atoms with Crippen molar-refractivity contribution in [3.05, 3.63) is 23.8 Å². The minimum absolute atomic E-state index is 0.721. The molecule has 1 unspecified atom stereocenters. The van der Waals surface area contributed by atoms with E-state index in [1.807, 2.05) is 0 Å². The normalized spacial score (nSPS) is 22.0. The maximum Gasteiger partial charge on any atom is 0.146 e. The molecule has 1 saturated heterocycles. The Morgan fingerprint density at radius 1 is 1.43 bits per heavy atom. The van der Waals surface area contributed by atoms with Crippen molar-refractivity contribution in [1.29, 1.82) is 0 Å². The number of likely N-dealkylation sites (tertiary alicyclic amines) is 1. The van der Waals surface area contributed by atoms with Crippen LogP contribution < -0.4 is 10.1 Å². The number of benzene rings is 1. The maximum atomic E-state index is 5.87. The van der Waals surface area contributed by atoms with Gasteiger partial charge >= 0.3 is 0 Å². The summed E-state index contributed by atoms with van der Waals surface area (Å²) in [7, 11) is 2.22. The smallest absolute Gasteiger partial charge is 0.146 e.